The highest BCUT2D eigenvalue weighted by Crippen LogP contribution is 2.38. The molecule has 72 valence electrons. The molecule has 0 aliphatic rings. The lowest BCUT2D eigenvalue weighted by molar-refractivity contribution is -0.385. The number of fused-ring (bicyclic) bond motifs is 1. The molecule has 4 nitrogen and oxygen atoms in total. The average Bonchev–Trinajstić information content (AvgIpc) is 2.48. The Hall–Kier alpha value is -1.62. The molecule has 14 heavy (non-hydrogen) atoms. The van der Waals surface area contributed by atoms with Crippen LogP contribution in [0.4, 0.5) is 5.69 Å². The van der Waals surface area contributed by atoms with Gasteiger partial charge in [0.15, 0.2) is 0 Å². The molecule has 1 aromatic carbocycles. The molecule has 1 aromatic heterocycles. The van der Waals surface area contributed by atoms with Crippen LogP contribution in [0.5, 0.6) is 5.75 Å². The molecule has 1 heterocycles. The SMILES string of the molecule is Cc1csc2ccc([N+](=O)[O-])c(O)c12. The standard InChI is InChI=1S/C9H7NO3S/c1-5-4-14-7-3-2-6(10(12)13)9(11)8(5)7/h2-4,11H,1H3. The number of aryl methyl sites for hydroxylation is 1. The minimum Gasteiger partial charge on any atom is -0.502 e. The summed E-state index contributed by atoms with van der Waals surface area (Å²) in [6, 6.07) is 2.98. The van der Waals surface area contributed by atoms with Crippen LogP contribution in [0.15, 0.2) is 17.5 Å². The molecule has 1 N–H and O–H groups in total. The normalized spacial score (nSPS) is 10.6. The molecular formula is C9H7NO3S. The molecule has 0 fully saturated rings. The zero-order valence-corrected chi connectivity index (χ0v) is 8.17. The highest BCUT2D eigenvalue weighted by molar-refractivity contribution is 7.17. The molecular weight excluding hydrogens is 202 g/mol. The maximum Gasteiger partial charge on any atom is 0.311 e. The average molecular weight is 209 g/mol. The number of hydrogen-bond donors (Lipinski definition) is 1. The van der Waals surface area contributed by atoms with E-state index in [-0.39, 0.29) is 11.4 Å². The van der Waals surface area contributed by atoms with Gasteiger partial charge in [0.1, 0.15) is 0 Å². The van der Waals surface area contributed by atoms with Gasteiger partial charge in [-0.1, -0.05) is 0 Å². The van der Waals surface area contributed by atoms with Gasteiger partial charge in [-0.05, 0) is 23.9 Å². The predicted octanol–water partition coefficient (Wildman–Crippen LogP) is 2.82. The molecule has 0 amide bonds. The van der Waals surface area contributed by atoms with Gasteiger partial charge in [-0.25, -0.2) is 0 Å². The Morgan fingerprint density at radius 2 is 2.21 bits per heavy atom. The van der Waals surface area contributed by atoms with E-state index >= 15 is 0 Å². The number of thiophene rings is 1. The van der Waals surface area contributed by atoms with Crippen molar-refractivity contribution in [2.24, 2.45) is 0 Å². The van der Waals surface area contributed by atoms with Gasteiger partial charge in [0.25, 0.3) is 0 Å². The molecule has 0 aliphatic carbocycles. The molecule has 0 saturated heterocycles. The van der Waals surface area contributed by atoms with Crippen LogP contribution in [0.25, 0.3) is 10.1 Å². The van der Waals surface area contributed by atoms with Crippen molar-refractivity contribution in [3.8, 4) is 5.75 Å². The Morgan fingerprint density at radius 1 is 1.50 bits per heavy atom. The number of nitro benzene ring substituents is 1. The van der Waals surface area contributed by atoms with Crippen LogP contribution in [0.2, 0.25) is 0 Å². The maximum atomic E-state index is 10.5. The first-order chi connectivity index (χ1) is 6.61. The zero-order valence-electron chi connectivity index (χ0n) is 7.35. The van der Waals surface area contributed by atoms with E-state index in [0.717, 1.165) is 10.3 Å². The van der Waals surface area contributed by atoms with Crippen molar-refractivity contribution in [1.82, 2.24) is 0 Å². The van der Waals surface area contributed by atoms with E-state index < -0.39 is 4.92 Å². The Labute approximate surface area is 83.6 Å². The summed E-state index contributed by atoms with van der Waals surface area (Å²) in [5, 5.41) is 22.7. The fraction of sp³-hybridized carbons (Fsp3) is 0.111. The van der Waals surface area contributed by atoms with Crippen LogP contribution in [0, 0.1) is 17.0 Å². The number of benzene rings is 1. The fourth-order valence-corrected chi connectivity index (χ4v) is 2.34. The van der Waals surface area contributed by atoms with Crippen LogP contribution >= 0.6 is 11.3 Å². The Balaban J connectivity index is 2.86. The topological polar surface area (TPSA) is 63.4 Å². The summed E-state index contributed by atoms with van der Waals surface area (Å²) in [7, 11) is 0. The fourth-order valence-electron chi connectivity index (χ4n) is 1.40. The monoisotopic (exact) mass is 209 g/mol. The first kappa shape index (κ1) is 8.96. The molecule has 0 bridgehead atoms. The second kappa shape index (κ2) is 2.95. The lowest BCUT2D eigenvalue weighted by Gasteiger charge is -1.98. The molecule has 0 radical (unpaired) electrons. The first-order valence-corrected chi connectivity index (χ1v) is 4.83. The Bertz CT molecular complexity index is 518. The molecule has 0 aliphatic heterocycles. The van der Waals surface area contributed by atoms with Gasteiger partial charge in [-0.15, -0.1) is 11.3 Å². The van der Waals surface area contributed by atoms with Crippen LogP contribution in [0.1, 0.15) is 5.56 Å². The number of rotatable bonds is 1. The number of nitro groups is 1. The van der Waals surface area contributed by atoms with E-state index in [1.54, 1.807) is 6.07 Å². The van der Waals surface area contributed by atoms with E-state index in [1.165, 1.54) is 17.4 Å². The predicted molar refractivity (Wildman–Crippen MR) is 54.9 cm³/mol. The Kier molecular flexibility index (Phi) is 1.89. The smallest absolute Gasteiger partial charge is 0.311 e. The molecule has 2 aromatic rings. The summed E-state index contributed by atoms with van der Waals surface area (Å²) in [6.07, 6.45) is 0. The van der Waals surface area contributed by atoms with Gasteiger partial charge in [0.2, 0.25) is 5.75 Å². The quantitative estimate of drug-likeness (QED) is 0.580. The second-order valence-electron chi connectivity index (χ2n) is 2.98. The van der Waals surface area contributed by atoms with E-state index in [9.17, 15) is 15.2 Å². The van der Waals surface area contributed by atoms with Gasteiger partial charge in [0.05, 0.1) is 4.92 Å². The molecule has 0 unspecified atom stereocenters. The minimum absolute atomic E-state index is 0.230. The van der Waals surface area contributed by atoms with Gasteiger partial charge in [-0.2, -0.15) is 0 Å². The van der Waals surface area contributed by atoms with E-state index in [1.807, 2.05) is 12.3 Å². The first-order valence-electron chi connectivity index (χ1n) is 3.95. The summed E-state index contributed by atoms with van der Waals surface area (Å²) in [5.41, 5.74) is 0.630. The van der Waals surface area contributed by atoms with Crippen LogP contribution < -0.4 is 0 Å². The third-order valence-corrected chi connectivity index (χ3v) is 3.14. The van der Waals surface area contributed by atoms with Crippen molar-refractivity contribution in [2.75, 3.05) is 0 Å². The van der Waals surface area contributed by atoms with Crippen molar-refractivity contribution in [3.05, 3.63) is 33.2 Å². The van der Waals surface area contributed by atoms with E-state index in [0.29, 0.717) is 5.39 Å². The van der Waals surface area contributed by atoms with Crippen LogP contribution in [-0.2, 0) is 0 Å². The van der Waals surface area contributed by atoms with Crippen molar-refractivity contribution < 1.29 is 10.0 Å². The summed E-state index contributed by atoms with van der Waals surface area (Å²) >= 11 is 1.47. The summed E-state index contributed by atoms with van der Waals surface area (Å²) in [4.78, 5) is 9.97. The van der Waals surface area contributed by atoms with Gasteiger partial charge in [-0.3, -0.25) is 10.1 Å². The van der Waals surface area contributed by atoms with Gasteiger partial charge in [0, 0.05) is 16.2 Å². The van der Waals surface area contributed by atoms with E-state index in [4.69, 9.17) is 0 Å². The molecule has 0 saturated carbocycles. The summed E-state index contributed by atoms with van der Waals surface area (Å²) < 4.78 is 0.866. The maximum absolute atomic E-state index is 10.5. The van der Waals surface area contributed by atoms with Gasteiger partial charge < -0.3 is 5.11 Å². The highest BCUT2D eigenvalue weighted by atomic mass is 32.1. The van der Waals surface area contributed by atoms with Crippen molar-refractivity contribution >= 4 is 27.1 Å². The van der Waals surface area contributed by atoms with Crippen LogP contribution in [0.3, 0.4) is 0 Å². The minimum atomic E-state index is -0.577. The largest absolute Gasteiger partial charge is 0.502 e. The number of phenols is 1. The third kappa shape index (κ3) is 1.13. The summed E-state index contributed by atoms with van der Waals surface area (Å²) in [5.74, 6) is -0.230. The Morgan fingerprint density at radius 3 is 2.86 bits per heavy atom. The molecule has 0 spiro atoms. The van der Waals surface area contributed by atoms with Crippen molar-refractivity contribution in [1.29, 1.82) is 0 Å². The number of nitrogens with zero attached hydrogens (tertiary/aromatic N) is 1. The van der Waals surface area contributed by atoms with Crippen molar-refractivity contribution in [3.63, 3.8) is 0 Å². The summed E-state index contributed by atoms with van der Waals surface area (Å²) in [6.45, 7) is 1.82. The third-order valence-electron chi connectivity index (χ3n) is 2.07. The highest BCUT2D eigenvalue weighted by Gasteiger charge is 2.17. The zero-order chi connectivity index (χ0) is 10.3. The van der Waals surface area contributed by atoms with Gasteiger partial charge >= 0.3 is 5.69 Å². The van der Waals surface area contributed by atoms with Crippen LogP contribution in [-0.4, -0.2) is 10.0 Å². The van der Waals surface area contributed by atoms with E-state index in [2.05, 4.69) is 0 Å². The van der Waals surface area contributed by atoms with Crippen molar-refractivity contribution in [2.45, 2.75) is 6.92 Å². The molecule has 5 heteroatoms. The number of hydrogen-bond acceptors (Lipinski definition) is 4. The number of phenolic OH excluding ortho intramolecular Hbond substituents is 1. The molecule has 2 rings (SSSR count). The lowest BCUT2D eigenvalue weighted by Crippen LogP contribution is -1.88. The lowest BCUT2D eigenvalue weighted by atomic mass is 10.1. The molecule has 0 atom stereocenters. The second-order valence-corrected chi connectivity index (χ2v) is 3.89. The number of aromatic hydroxyl groups is 1.